The van der Waals surface area contributed by atoms with Gasteiger partial charge in [0.05, 0.1) is 6.61 Å². The van der Waals surface area contributed by atoms with E-state index in [1.165, 1.54) is 5.56 Å². The molecule has 0 spiro atoms. The van der Waals surface area contributed by atoms with Crippen molar-refractivity contribution < 1.29 is 9.53 Å². The number of hydrogen-bond donors (Lipinski definition) is 0. The van der Waals surface area contributed by atoms with E-state index in [0.29, 0.717) is 24.9 Å². The minimum atomic E-state index is 0.319. The first-order valence-electron chi connectivity index (χ1n) is 8.80. The van der Waals surface area contributed by atoms with E-state index in [0.717, 1.165) is 44.9 Å². The van der Waals surface area contributed by atoms with Crippen LogP contribution in [0.4, 0.5) is 0 Å². The maximum atomic E-state index is 12.2. The Labute approximate surface area is 140 Å². The highest BCUT2D eigenvalue weighted by Crippen LogP contribution is 2.15. The molecule has 0 radical (unpaired) electrons. The molecule has 0 aliphatic carbocycles. The molecule has 2 rings (SSSR count). The maximum Gasteiger partial charge on any atom is 0.222 e. The van der Waals surface area contributed by atoms with Gasteiger partial charge in [-0.3, -0.25) is 9.69 Å². The molecule has 0 saturated carbocycles. The zero-order valence-corrected chi connectivity index (χ0v) is 14.8. The van der Waals surface area contributed by atoms with E-state index in [1.54, 1.807) is 0 Å². The highest BCUT2D eigenvalue weighted by Gasteiger charge is 2.20. The first-order chi connectivity index (χ1) is 11.1. The van der Waals surface area contributed by atoms with Crippen LogP contribution in [0.5, 0.6) is 5.75 Å². The lowest BCUT2D eigenvalue weighted by Crippen LogP contribution is -2.48. The largest absolute Gasteiger partial charge is 0.494 e. The fraction of sp³-hybridized carbons (Fsp3) is 0.632. The summed E-state index contributed by atoms with van der Waals surface area (Å²) >= 11 is 0. The number of nitrogens with zero attached hydrogens (tertiary/aromatic N) is 2. The summed E-state index contributed by atoms with van der Waals surface area (Å²) in [7, 11) is 0. The topological polar surface area (TPSA) is 32.8 Å². The van der Waals surface area contributed by atoms with E-state index < -0.39 is 0 Å². The van der Waals surface area contributed by atoms with Crippen LogP contribution in [0.3, 0.4) is 0 Å². The molecule has 0 unspecified atom stereocenters. The zero-order valence-electron chi connectivity index (χ0n) is 14.8. The fourth-order valence-electron chi connectivity index (χ4n) is 2.84. The molecule has 1 aliphatic heterocycles. The van der Waals surface area contributed by atoms with Crippen molar-refractivity contribution in [2.24, 2.45) is 5.92 Å². The summed E-state index contributed by atoms with van der Waals surface area (Å²) in [5, 5.41) is 0. The summed E-state index contributed by atoms with van der Waals surface area (Å²) in [6, 6.07) is 8.32. The Morgan fingerprint density at radius 2 is 1.78 bits per heavy atom. The number of hydrogen-bond acceptors (Lipinski definition) is 3. The number of piperazine rings is 1. The van der Waals surface area contributed by atoms with Crippen molar-refractivity contribution in [1.29, 1.82) is 0 Å². The fourth-order valence-corrected chi connectivity index (χ4v) is 2.84. The van der Waals surface area contributed by atoms with Crippen molar-refractivity contribution in [3.05, 3.63) is 29.8 Å². The van der Waals surface area contributed by atoms with Gasteiger partial charge in [0.2, 0.25) is 5.91 Å². The quantitative estimate of drug-likeness (QED) is 0.774. The van der Waals surface area contributed by atoms with Crippen LogP contribution < -0.4 is 4.74 Å². The summed E-state index contributed by atoms with van der Waals surface area (Å²) < 4.78 is 5.47. The lowest BCUT2D eigenvalue weighted by Gasteiger charge is -2.35. The van der Waals surface area contributed by atoms with Crippen LogP contribution in [0.2, 0.25) is 0 Å². The van der Waals surface area contributed by atoms with Crippen LogP contribution in [0.1, 0.15) is 39.2 Å². The van der Waals surface area contributed by atoms with Gasteiger partial charge in [-0.15, -0.1) is 0 Å². The van der Waals surface area contributed by atoms with Crippen LogP contribution in [-0.4, -0.2) is 48.5 Å². The normalized spacial score (nSPS) is 15.9. The van der Waals surface area contributed by atoms with Crippen molar-refractivity contribution >= 4 is 5.91 Å². The van der Waals surface area contributed by atoms with Crippen LogP contribution >= 0.6 is 0 Å². The molecule has 23 heavy (non-hydrogen) atoms. The number of carbonyl (C=O) groups is 1. The molecule has 128 valence electrons. The van der Waals surface area contributed by atoms with Gasteiger partial charge in [0.15, 0.2) is 0 Å². The number of amides is 1. The summed E-state index contributed by atoms with van der Waals surface area (Å²) in [6.45, 7) is 11.6. The highest BCUT2D eigenvalue weighted by atomic mass is 16.5. The first-order valence-corrected chi connectivity index (χ1v) is 8.80. The molecular weight excluding hydrogens is 288 g/mol. The van der Waals surface area contributed by atoms with Crippen LogP contribution in [0, 0.1) is 5.92 Å². The summed E-state index contributed by atoms with van der Waals surface area (Å²) in [5.74, 6) is 1.84. The van der Waals surface area contributed by atoms with Gasteiger partial charge in [0.1, 0.15) is 5.75 Å². The Hall–Kier alpha value is -1.55. The lowest BCUT2D eigenvalue weighted by molar-refractivity contribution is -0.133. The van der Waals surface area contributed by atoms with Crippen LogP contribution in [0.15, 0.2) is 24.3 Å². The van der Waals surface area contributed by atoms with Crippen LogP contribution in [0.25, 0.3) is 0 Å². The zero-order chi connectivity index (χ0) is 16.7. The Bertz CT molecular complexity index is 477. The maximum absolute atomic E-state index is 12.2. The van der Waals surface area contributed by atoms with E-state index in [9.17, 15) is 4.79 Å². The highest BCUT2D eigenvalue weighted by molar-refractivity contribution is 5.76. The number of carbonyl (C=O) groups excluding carboxylic acids is 1. The minimum absolute atomic E-state index is 0.319. The van der Waals surface area contributed by atoms with Crippen molar-refractivity contribution in [3.63, 3.8) is 0 Å². The third-order valence-electron chi connectivity index (χ3n) is 4.30. The molecule has 1 aliphatic rings. The van der Waals surface area contributed by atoms with Crippen molar-refractivity contribution in [1.82, 2.24) is 9.80 Å². The smallest absolute Gasteiger partial charge is 0.222 e. The van der Waals surface area contributed by atoms with Gasteiger partial charge in [0.25, 0.3) is 0 Å². The molecule has 1 fully saturated rings. The Morgan fingerprint density at radius 1 is 1.13 bits per heavy atom. The minimum Gasteiger partial charge on any atom is -0.494 e. The molecule has 1 aromatic carbocycles. The van der Waals surface area contributed by atoms with Crippen molar-refractivity contribution in [2.45, 2.75) is 40.2 Å². The summed E-state index contributed by atoms with van der Waals surface area (Å²) in [6.07, 6.45) is 1.68. The van der Waals surface area contributed by atoms with Gasteiger partial charge in [-0.2, -0.15) is 0 Å². The average molecular weight is 318 g/mol. The van der Waals surface area contributed by atoms with Gasteiger partial charge in [-0.25, -0.2) is 0 Å². The van der Waals surface area contributed by atoms with E-state index in [2.05, 4.69) is 30.9 Å². The predicted molar refractivity (Wildman–Crippen MR) is 93.5 cm³/mol. The van der Waals surface area contributed by atoms with Gasteiger partial charge < -0.3 is 9.64 Å². The summed E-state index contributed by atoms with van der Waals surface area (Å²) in [5.41, 5.74) is 1.30. The van der Waals surface area contributed by atoms with Crippen molar-refractivity contribution in [2.75, 3.05) is 32.8 Å². The molecule has 0 aromatic heterocycles. The SMILES string of the molecule is CCOc1ccc(CN2CCN(C(=O)CCC(C)C)CC2)cc1. The molecule has 0 bridgehead atoms. The molecule has 4 nitrogen and oxygen atoms in total. The predicted octanol–water partition coefficient (Wildman–Crippen LogP) is 3.17. The molecule has 4 heteroatoms. The molecular formula is C19H30N2O2. The van der Waals surface area contributed by atoms with Gasteiger partial charge >= 0.3 is 0 Å². The Morgan fingerprint density at radius 3 is 2.35 bits per heavy atom. The molecule has 0 atom stereocenters. The second-order valence-corrected chi connectivity index (χ2v) is 6.67. The van der Waals surface area contributed by atoms with E-state index in [1.807, 2.05) is 24.0 Å². The number of ether oxygens (including phenoxy) is 1. The molecule has 1 aromatic rings. The number of benzene rings is 1. The monoisotopic (exact) mass is 318 g/mol. The second kappa shape index (κ2) is 8.92. The Kier molecular flexibility index (Phi) is 6.90. The van der Waals surface area contributed by atoms with Crippen LogP contribution in [-0.2, 0) is 11.3 Å². The first kappa shape index (κ1) is 17.8. The van der Waals surface area contributed by atoms with Gasteiger partial charge in [-0.05, 0) is 37.0 Å². The molecule has 1 saturated heterocycles. The molecule has 1 heterocycles. The lowest BCUT2D eigenvalue weighted by atomic mass is 10.1. The molecule has 1 amide bonds. The van der Waals surface area contributed by atoms with E-state index in [-0.39, 0.29) is 0 Å². The third-order valence-corrected chi connectivity index (χ3v) is 4.30. The van der Waals surface area contributed by atoms with Crippen molar-refractivity contribution in [3.8, 4) is 5.75 Å². The van der Waals surface area contributed by atoms with E-state index in [4.69, 9.17) is 4.74 Å². The summed E-state index contributed by atoms with van der Waals surface area (Å²) in [4.78, 5) is 16.6. The Balaban J connectivity index is 1.74. The van der Waals surface area contributed by atoms with E-state index >= 15 is 0 Å². The average Bonchev–Trinajstić information content (AvgIpc) is 2.55. The third kappa shape index (κ3) is 5.87. The second-order valence-electron chi connectivity index (χ2n) is 6.67. The van der Waals surface area contributed by atoms with Gasteiger partial charge in [0, 0.05) is 39.1 Å². The standard InChI is InChI=1S/C19H30N2O2/c1-4-23-18-8-6-17(7-9-18)15-20-11-13-21(14-12-20)19(22)10-5-16(2)3/h6-9,16H,4-5,10-15H2,1-3H3. The number of rotatable bonds is 7. The van der Waals surface area contributed by atoms with Gasteiger partial charge in [-0.1, -0.05) is 26.0 Å². The molecule has 0 N–H and O–H groups in total.